The van der Waals surface area contributed by atoms with E-state index in [4.69, 9.17) is 0 Å². The summed E-state index contributed by atoms with van der Waals surface area (Å²) < 4.78 is 0. The molecular weight excluding hydrogens is 152 g/mol. The third kappa shape index (κ3) is 2.08. The van der Waals surface area contributed by atoms with E-state index in [1.807, 2.05) is 24.9 Å². The fourth-order valence-electron chi connectivity index (χ4n) is 1.24. The van der Waals surface area contributed by atoms with Crippen molar-refractivity contribution in [1.29, 1.82) is 0 Å². The van der Waals surface area contributed by atoms with E-state index in [-0.39, 0.29) is 11.9 Å². The van der Waals surface area contributed by atoms with Gasteiger partial charge in [-0.2, -0.15) is 0 Å². The Bertz CT molecular complexity index is 189. The zero-order valence-electron chi connectivity index (χ0n) is 7.71. The number of hydrogen-bond donors (Lipinski definition) is 1. The van der Waals surface area contributed by atoms with Gasteiger partial charge in [0.05, 0.1) is 6.04 Å². The van der Waals surface area contributed by atoms with E-state index >= 15 is 0 Å². The van der Waals surface area contributed by atoms with Crippen LogP contribution in [0.5, 0.6) is 0 Å². The Morgan fingerprint density at radius 3 is 2.83 bits per heavy atom. The van der Waals surface area contributed by atoms with E-state index in [9.17, 15) is 4.79 Å². The summed E-state index contributed by atoms with van der Waals surface area (Å²) in [4.78, 5) is 13.4. The van der Waals surface area contributed by atoms with Crippen molar-refractivity contribution in [3.05, 3.63) is 12.2 Å². The van der Waals surface area contributed by atoms with Gasteiger partial charge in [0.15, 0.2) is 0 Å². The van der Waals surface area contributed by atoms with Crippen LogP contribution in [0.2, 0.25) is 0 Å². The van der Waals surface area contributed by atoms with Crippen molar-refractivity contribution in [3.63, 3.8) is 0 Å². The van der Waals surface area contributed by atoms with Crippen LogP contribution in [0.4, 0.5) is 0 Å². The summed E-state index contributed by atoms with van der Waals surface area (Å²) >= 11 is 0. The normalized spacial score (nSPS) is 19.3. The van der Waals surface area contributed by atoms with Crippen molar-refractivity contribution < 1.29 is 4.79 Å². The van der Waals surface area contributed by atoms with Crippen LogP contribution < -0.4 is 5.32 Å². The van der Waals surface area contributed by atoms with Crippen LogP contribution >= 0.6 is 0 Å². The van der Waals surface area contributed by atoms with Gasteiger partial charge < -0.3 is 10.2 Å². The average Bonchev–Trinajstić information content (AvgIpc) is 2.17. The molecular formula is C9H16N2O. The van der Waals surface area contributed by atoms with Crippen LogP contribution in [-0.2, 0) is 4.79 Å². The van der Waals surface area contributed by atoms with Crippen LogP contribution in [0.25, 0.3) is 0 Å². The van der Waals surface area contributed by atoms with Gasteiger partial charge in [-0.15, -0.1) is 0 Å². The molecule has 1 aliphatic rings. The maximum atomic E-state index is 11.6. The Labute approximate surface area is 73.4 Å². The number of nitrogens with one attached hydrogen (secondary N) is 1. The minimum atomic E-state index is -0.0588. The quantitative estimate of drug-likeness (QED) is 0.605. The fraction of sp³-hybridized carbons (Fsp3) is 0.667. The number of amides is 1. The van der Waals surface area contributed by atoms with Crippen molar-refractivity contribution >= 4 is 5.91 Å². The second kappa shape index (κ2) is 4.26. The van der Waals surface area contributed by atoms with Gasteiger partial charge in [-0.3, -0.25) is 4.79 Å². The Morgan fingerprint density at radius 1 is 1.58 bits per heavy atom. The number of carbonyl (C=O) groups excluding carboxylic acids is 1. The Morgan fingerprint density at radius 2 is 2.33 bits per heavy atom. The first kappa shape index (κ1) is 9.26. The number of hydrogen-bond acceptors (Lipinski definition) is 2. The molecule has 0 aliphatic carbocycles. The Balaban J connectivity index is 2.46. The predicted molar refractivity (Wildman–Crippen MR) is 48.9 cm³/mol. The third-order valence-electron chi connectivity index (χ3n) is 2.17. The highest BCUT2D eigenvalue weighted by Gasteiger charge is 2.18. The van der Waals surface area contributed by atoms with Gasteiger partial charge in [0.25, 0.3) is 0 Å². The molecule has 0 aromatic carbocycles. The van der Waals surface area contributed by atoms with Crippen LogP contribution in [-0.4, -0.2) is 37.0 Å². The third-order valence-corrected chi connectivity index (χ3v) is 2.17. The topological polar surface area (TPSA) is 32.3 Å². The summed E-state index contributed by atoms with van der Waals surface area (Å²) in [6.45, 7) is 3.52. The molecule has 0 spiro atoms. The summed E-state index contributed by atoms with van der Waals surface area (Å²) in [6, 6.07) is -0.0588. The highest BCUT2D eigenvalue weighted by Crippen LogP contribution is 2.03. The molecule has 1 heterocycles. The summed E-state index contributed by atoms with van der Waals surface area (Å²) in [5.41, 5.74) is 0. The van der Waals surface area contributed by atoms with Crippen molar-refractivity contribution in [2.24, 2.45) is 0 Å². The molecule has 3 heteroatoms. The molecule has 1 amide bonds. The molecule has 0 saturated heterocycles. The van der Waals surface area contributed by atoms with E-state index < -0.39 is 0 Å². The molecule has 12 heavy (non-hydrogen) atoms. The lowest BCUT2D eigenvalue weighted by Crippen LogP contribution is -2.44. The van der Waals surface area contributed by atoms with Gasteiger partial charge in [-0.25, -0.2) is 0 Å². The molecule has 1 N–H and O–H groups in total. The minimum absolute atomic E-state index is 0.0588. The summed E-state index contributed by atoms with van der Waals surface area (Å²) in [5.74, 6) is 0.196. The molecule has 0 aromatic rings. The maximum Gasteiger partial charge on any atom is 0.239 e. The summed E-state index contributed by atoms with van der Waals surface area (Å²) in [6.07, 6.45) is 5.15. The number of rotatable bonds is 2. The van der Waals surface area contributed by atoms with Gasteiger partial charge in [0, 0.05) is 13.1 Å². The van der Waals surface area contributed by atoms with E-state index in [1.165, 1.54) is 0 Å². The zero-order chi connectivity index (χ0) is 8.97. The van der Waals surface area contributed by atoms with E-state index in [0.29, 0.717) is 0 Å². The smallest absolute Gasteiger partial charge is 0.239 e. The maximum absolute atomic E-state index is 11.6. The van der Waals surface area contributed by atoms with Gasteiger partial charge in [0.1, 0.15) is 0 Å². The lowest BCUT2D eigenvalue weighted by atomic mass is 10.2. The van der Waals surface area contributed by atoms with Crippen LogP contribution in [0.1, 0.15) is 13.3 Å². The van der Waals surface area contributed by atoms with Crippen molar-refractivity contribution in [3.8, 4) is 0 Å². The SMILES string of the molecule is CNC(C)C(=O)N1CC=CCC1. The lowest BCUT2D eigenvalue weighted by molar-refractivity contribution is -0.132. The molecule has 3 nitrogen and oxygen atoms in total. The van der Waals surface area contributed by atoms with Crippen LogP contribution in [0, 0.1) is 0 Å². The first-order chi connectivity index (χ1) is 5.75. The van der Waals surface area contributed by atoms with Crippen molar-refractivity contribution in [2.45, 2.75) is 19.4 Å². The predicted octanol–water partition coefficient (Wildman–Crippen LogP) is 0.383. The Hall–Kier alpha value is -0.830. The molecule has 1 unspecified atom stereocenters. The van der Waals surface area contributed by atoms with E-state index in [1.54, 1.807) is 0 Å². The molecule has 0 fully saturated rings. The molecule has 68 valence electrons. The molecule has 1 atom stereocenters. The summed E-state index contributed by atoms with van der Waals surface area (Å²) in [5, 5.41) is 2.95. The molecule has 1 aliphatic heterocycles. The minimum Gasteiger partial charge on any atom is -0.337 e. The average molecular weight is 168 g/mol. The molecule has 1 rings (SSSR count). The number of likely N-dealkylation sites (N-methyl/N-ethyl adjacent to an activating group) is 1. The van der Waals surface area contributed by atoms with Crippen LogP contribution in [0.3, 0.4) is 0 Å². The van der Waals surface area contributed by atoms with Gasteiger partial charge >= 0.3 is 0 Å². The molecule has 0 aromatic heterocycles. The second-order valence-corrected chi connectivity index (χ2v) is 3.05. The zero-order valence-corrected chi connectivity index (χ0v) is 7.71. The largest absolute Gasteiger partial charge is 0.337 e. The first-order valence-corrected chi connectivity index (χ1v) is 4.36. The summed E-state index contributed by atoms with van der Waals surface area (Å²) in [7, 11) is 1.81. The number of nitrogens with zero attached hydrogens (tertiary/aromatic N) is 1. The van der Waals surface area contributed by atoms with Gasteiger partial charge in [-0.05, 0) is 20.4 Å². The van der Waals surface area contributed by atoms with Gasteiger partial charge in [-0.1, -0.05) is 12.2 Å². The molecule has 0 radical (unpaired) electrons. The highest BCUT2D eigenvalue weighted by molar-refractivity contribution is 5.81. The fourth-order valence-corrected chi connectivity index (χ4v) is 1.24. The molecule has 0 saturated carbocycles. The van der Waals surface area contributed by atoms with Crippen molar-refractivity contribution in [2.75, 3.05) is 20.1 Å². The number of carbonyl (C=O) groups is 1. The van der Waals surface area contributed by atoms with E-state index in [2.05, 4.69) is 11.4 Å². The van der Waals surface area contributed by atoms with Gasteiger partial charge in [0.2, 0.25) is 5.91 Å². The monoisotopic (exact) mass is 168 g/mol. The standard InChI is InChI=1S/C9H16N2O/c1-8(10-2)9(12)11-6-4-3-5-7-11/h3-4,8,10H,5-7H2,1-2H3. The van der Waals surface area contributed by atoms with Crippen molar-refractivity contribution in [1.82, 2.24) is 10.2 Å². The molecule has 0 bridgehead atoms. The lowest BCUT2D eigenvalue weighted by Gasteiger charge is -2.26. The van der Waals surface area contributed by atoms with E-state index in [0.717, 1.165) is 19.5 Å². The highest BCUT2D eigenvalue weighted by atomic mass is 16.2. The first-order valence-electron chi connectivity index (χ1n) is 4.36. The van der Waals surface area contributed by atoms with Crippen LogP contribution in [0.15, 0.2) is 12.2 Å². The Kier molecular flexibility index (Phi) is 3.29. The second-order valence-electron chi connectivity index (χ2n) is 3.05.